The molecule has 0 aromatic heterocycles. The molecule has 1 nitrogen and oxygen atoms in total. The summed E-state index contributed by atoms with van der Waals surface area (Å²) in [6.07, 6.45) is -10.9. The lowest BCUT2D eigenvalue weighted by molar-refractivity contribution is -0.468. The van der Waals surface area contributed by atoms with Crippen LogP contribution >= 0.6 is 0 Å². The summed E-state index contributed by atoms with van der Waals surface area (Å²) in [6.45, 7) is -2.49. The summed E-state index contributed by atoms with van der Waals surface area (Å²) in [6, 6.07) is 0. The van der Waals surface area contributed by atoms with E-state index in [0.717, 1.165) is 0 Å². The van der Waals surface area contributed by atoms with Gasteiger partial charge in [-0.25, -0.2) is 5.11 Å². The molecule has 0 rings (SSSR count). The van der Waals surface area contributed by atoms with E-state index >= 15 is 0 Å². The second kappa shape index (κ2) is 7.32. The minimum absolute atomic E-state index is 2.49. The number of rotatable bonds is 9. The highest BCUT2D eigenvalue weighted by atomic mass is 19.4. The van der Waals surface area contributed by atoms with Crippen molar-refractivity contribution >= 4 is 0 Å². The van der Waals surface area contributed by atoms with Gasteiger partial charge in [-0.15, -0.1) is 0 Å². The van der Waals surface area contributed by atoms with Gasteiger partial charge in [0.15, 0.2) is 0 Å². The maximum absolute atomic E-state index is 13.2. The summed E-state index contributed by atoms with van der Waals surface area (Å²) in [5.41, 5.74) is 0. The second-order valence-electron chi connectivity index (χ2n) is 5.68. The lowest BCUT2D eigenvalue weighted by atomic mass is 9.87. The zero-order chi connectivity index (χ0) is 25.9. The van der Waals surface area contributed by atoms with E-state index in [1.54, 1.807) is 0 Å². The Bertz CT molecular complexity index is 644. The first-order valence-electron chi connectivity index (χ1n) is 6.73. The molecule has 0 aliphatic heterocycles. The van der Waals surface area contributed by atoms with Crippen LogP contribution < -0.4 is 0 Å². The number of hydrogen-bond acceptors (Lipinski definition) is 0. The molecule has 0 bridgehead atoms. The van der Waals surface area contributed by atoms with Gasteiger partial charge < -0.3 is 0 Å². The molecule has 0 aliphatic rings. The van der Waals surface area contributed by atoms with Gasteiger partial charge in [0.1, 0.15) is 0 Å². The Kier molecular flexibility index (Phi) is 7.00. The van der Waals surface area contributed by atoms with Crippen molar-refractivity contribution in [2.45, 2.75) is 60.0 Å². The molecule has 0 fully saturated rings. The van der Waals surface area contributed by atoms with Gasteiger partial charge in [-0.05, 0) is 0 Å². The summed E-state index contributed by atoms with van der Waals surface area (Å²) in [4.78, 5) is 0. The van der Waals surface area contributed by atoms with E-state index in [-0.39, 0.29) is 0 Å². The van der Waals surface area contributed by atoms with Crippen LogP contribution in [0.15, 0.2) is 0 Å². The average molecular weight is 513 g/mol. The lowest BCUT2D eigenvalue weighted by Gasteiger charge is -2.43. The monoisotopic (exact) mass is 513 g/mol. The minimum Gasteiger partial charge on any atom is -0.236 e. The van der Waals surface area contributed by atoms with E-state index in [1.165, 1.54) is 0 Å². The van der Waals surface area contributed by atoms with Crippen molar-refractivity contribution < 1.29 is 88.5 Å². The highest BCUT2D eigenvalue weighted by Gasteiger charge is 2.96. The molecule has 0 heterocycles. The van der Waals surface area contributed by atoms with E-state index in [9.17, 15) is 88.5 Å². The summed E-state index contributed by atoms with van der Waals surface area (Å²) < 4.78 is 244. The van der Waals surface area contributed by atoms with Crippen LogP contribution in [-0.2, 0) is 5.11 Å². The van der Waals surface area contributed by atoms with Crippen LogP contribution in [0.1, 0.15) is 6.42 Å². The maximum Gasteiger partial charge on any atom is 0.460 e. The SMILES string of the molecule is [O]CCC(F)(F)C(F)(F)C(F)(F)C(F)(F)C(F)(F)C(F)(F)C(F)(F)C(F)(F)C(F)(F)F. The van der Waals surface area contributed by atoms with Gasteiger partial charge in [-0.1, -0.05) is 0 Å². The normalized spacial score (nSPS) is 16.6. The molecular formula is C11H4F19O. The highest BCUT2D eigenvalue weighted by Crippen LogP contribution is 2.65. The molecule has 0 unspecified atom stereocenters. The molecule has 0 aromatic rings. The van der Waals surface area contributed by atoms with Crippen LogP contribution in [0.25, 0.3) is 0 Å². The molecule has 0 saturated carbocycles. The van der Waals surface area contributed by atoms with Crippen LogP contribution in [0.4, 0.5) is 83.4 Å². The number of alkyl halides is 19. The fourth-order valence-electron chi connectivity index (χ4n) is 1.68. The molecule has 20 heteroatoms. The standard InChI is InChI=1S/C11H4F19O/c12-3(13,1-2-31)4(14,15)5(16,17)6(18,19)7(20,21)8(22,23)9(24,25)10(26,27)11(28,29)30/h1-2H2. The van der Waals surface area contributed by atoms with Crippen molar-refractivity contribution in [1.82, 2.24) is 0 Å². The molecule has 187 valence electrons. The maximum atomic E-state index is 13.2. The van der Waals surface area contributed by atoms with Crippen molar-refractivity contribution in [3.63, 3.8) is 0 Å². The Hall–Kier alpha value is -1.37. The molecule has 0 aromatic carbocycles. The van der Waals surface area contributed by atoms with Gasteiger partial charge in [-0.2, -0.15) is 83.4 Å². The van der Waals surface area contributed by atoms with Crippen molar-refractivity contribution in [1.29, 1.82) is 0 Å². The van der Waals surface area contributed by atoms with Crippen LogP contribution in [0, 0.1) is 0 Å². The molecule has 0 atom stereocenters. The molecule has 0 saturated heterocycles. The zero-order valence-corrected chi connectivity index (χ0v) is 13.5. The Morgan fingerprint density at radius 2 is 0.581 bits per heavy atom. The molecule has 0 N–H and O–H groups in total. The van der Waals surface area contributed by atoms with Gasteiger partial charge in [-0.3, -0.25) is 0 Å². The van der Waals surface area contributed by atoms with Gasteiger partial charge in [0.2, 0.25) is 0 Å². The second-order valence-corrected chi connectivity index (χ2v) is 5.68. The molecular weight excluding hydrogens is 509 g/mol. The van der Waals surface area contributed by atoms with Crippen molar-refractivity contribution in [2.75, 3.05) is 6.61 Å². The topological polar surface area (TPSA) is 19.9 Å². The third kappa shape index (κ3) is 3.65. The van der Waals surface area contributed by atoms with Crippen LogP contribution in [-0.4, -0.2) is 60.2 Å². The quantitative estimate of drug-likeness (QED) is 0.316. The largest absolute Gasteiger partial charge is 0.460 e. The third-order valence-corrected chi connectivity index (χ3v) is 3.60. The van der Waals surface area contributed by atoms with Gasteiger partial charge in [0.05, 0.1) is 6.61 Å². The Morgan fingerprint density at radius 1 is 0.355 bits per heavy atom. The van der Waals surface area contributed by atoms with Crippen molar-refractivity contribution in [2.24, 2.45) is 0 Å². The Labute approximate surface area is 156 Å². The van der Waals surface area contributed by atoms with E-state index in [2.05, 4.69) is 0 Å². The molecule has 0 spiro atoms. The highest BCUT2D eigenvalue weighted by molar-refractivity contribution is 5.16. The van der Waals surface area contributed by atoms with Crippen molar-refractivity contribution in [3.8, 4) is 0 Å². The third-order valence-electron chi connectivity index (χ3n) is 3.60. The predicted molar refractivity (Wildman–Crippen MR) is 55.8 cm³/mol. The summed E-state index contributed by atoms with van der Waals surface area (Å²) in [5.74, 6) is -66.8. The smallest absolute Gasteiger partial charge is 0.236 e. The zero-order valence-electron chi connectivity index (χ0n) is 13.5. The fraction of sp³-hybridized carbons (Fsp3) is 1.00. The average Bonchev–Trinajstić information content (AvgIpc) is 2.52. The molecule has 0 aliphatic carbocycles. The first-order valence-corrected chi connectivity index (χ1v) is 6.73. The van der Waals surface area contributed by atoms with Gasteiger partial charge in [0, 0.05) is 6.42 Å². The molecule has 0 amide bonds. The summed E-state index contributed by atoms with van der Waals surface area (Å²) in [7, 11) is 0. The molecule has 1 radical (unpaired) electrons. The van der Waals surface area contributed by atoms with E-state index < -0.39 is 66.6 Å². The fourth-order valence-corrected chi connectivity index (χ4v) is 1.68. The van der Waals surface area contributed by atoms with Crippen LogP contribution in [0.5, 0.6) is 0 Å². The van der Waals surface area contributed by atoms with Crippen LogP contribution in [0.3, 0.4) is 0 Å². The number of halogens is 19. The predicted octanol–water partition coefficient (Wildman–Crippen LogP) is 6.45. The summed E-state index contributed by atoms with van der Waals surface area (Å²) >= 11 is 0. The molecule has 31 heavy (non-hydrogen) atoms. The first kappa shape index (κ1) is 29.6. The Morgan fingerprint density at radius 3 is 0.806 bits per heavy atom. The summed E-state index contributed by atoms with van der Waals surface area (Å²) in [5, 5.41) is 9.86. The lowest BCUT2D eigenvalue weighted by Crippen LogP contribution is -2.75. The van der Waals surface area contributed by atoms with E-state index in [4.69, 9.17) is 0 Å². The minimum atomic E-state index is -8.93. The van der Waals surface area contributed by atoms with E-state index in [1.807, 2.05) is 0 Å². The van der Waals surface area contributed by atoms with Crippen molar-refractivity contribution in [3.05, 3.63) is 0 Å². The Balaban J connectivity index is 6.84. The van der Waals surface area contributed by atoms with Gasteiger partial charge in [0.25, 0.3) is 0 Å². The number of hydrogen-bond donors (Lipinski definition) is 0. The first-order chi connectivity index (χ1) is 13.1. The van der Waals surface area contributed by atoms with E-state index in [0.29, 0.717) is 0 Å². The van der Waals surface area contributed by atoms with Crippen LogP contribution in [0.2, 0.25) is 0 Å². The van der Waals surface area contributed by atoms with Gasteiger partial charge >= 0.3 is 53.6 Å².